The molecule has 0 aliphatic heterocycles. The lowest BCUT2D eigenvalue weighted by molar-refractivity contribution is -0.141. The van der Waals surface area contributed by atoms with Crippen LogP contribution in [0.25, 0.3) is 0 Å². The lowest BCUT2D eigenvalue weighted by Crippen LogP contribution is -2.15. The maximum absolute atomic E-state index is 10.9. The van der Waals surface area contributed by atoms with E-state index in [0.717, 1.165) is 5.75 Å². The molecule has 10 heteroatoms. The fourth-order valence-electron chi connectivity index (χ4n) is 2.41. The molecule has 0 aliphatic carbocycles. The summed E-state index contributed by atoms with van der Waals surface area (Å²) < 4.78 is 47.8. The number of para-hydroxylation sites is 1. The van der Waals surface area contributed by atoms with E-state index in [2.05, 4.69) is 4.74 Å². The molecule has 1 aromatic carbocycles. The Bertz CT molecular complexity index is 558. The minimum Gasteiger partial charge on any atom is -0.491 e. The van der Waals surface area contributed by atoms with Crippen molar-refractivity contribution in [3.05, 3.63) is 30.3 Å². The second kappa shape index (κ2) is 24.3. The van der Waals surface area contributed by atoms with E-state index in [1.807, 2.05) is 30.3 Å². The average Bonchev–Trinajstić information content (AvgIpc) is 2.87. The SMILES string of the molecule is COC(=O)CCOCCOCCOCCOCCOCCOCCOCCOc1ccccc1. The average molecular weight is 489 g/mol. The third-order valence-electron chi connectivity index (χ3n) is 4.15. The first-order valence-electron chi connectivity index (χ1n) is 11.6. The number of carbonyl (C=O) groups excluding carboxylic acids is 1. The van der Waals surface area contributed by atoms with Gasteiger partial charge in [0.1, 0.15) is 12.4 Å². The number of hydrogen-bond acceptors (Lipinski definition) is 10. The largest absolute Gasteiger partial charge is 0.491 e. The van der Waals surface area contributed by atoms with E-state index in [1.54, 1.807) is 0 Å². The van der Waals surface area contributed by atoms with Crippen molar-refractivity contribution in [2.24, 2.45) is 0 Å². The summed E-state index contributed by atoms with van der Waals surface area (Å²) >= 11 is 0. The molecule has 0 radical (unpaired) electrons. The van der Waals surface area contributed by atoms with Gasteiger partial charge in [0.15, 0.2) is 0 Å². The molecule has 0 atom stereocenters. The van der Waals surface area contributed by atoms with Gasteiger partial charge in [-0.1, -0.05) is 18.2 Å². The monoisotopic (exact) mass is 488 g/mol. The third kappa shape index (κ3) is 20.8. The van der Waals surface area contributed by atoms with Crippen molar-refractivity contribution in [1.82, 2.24) is 0 Å². The number of hydrogen-bond donors (Lipinski definition) is 0. The Morgan fingerprint density at radius 3 is 1.26 bits per heavy atom. The number of methoxy groups -OCH3 is 1. The molecule has 0 aliphatic rings. The normalized spacial score (nSPS) is 11.0. The van der Waals surface area contributed by atoms with Crippen LogP contribution in [0, 0.1) is 0 Å². The lowest BCUT2D eigenvalue weighted by Gasteiger charge is -2.09. The van der Waals surface area contributed by atoms with Crippen LogP contribution in [0.15, 0.2) is 30.3 Å². The summed E-state index contributed by atoms with van der Waals surface area (Å²) in [6.07, 6.45) is 0.251. The Hall–Kier alpha value is -1.79. The zero-order chi connectivity index (χ0) is 24.4. The van der Waals surface area contributed by atoms with Crippen LogP contribution in [0.5, 0.6) is 5.75 Å². The van der Waals surface area contributed by atoms with Gasteiger partial charge in [0.05, 0.1) is 106 Å². The summed E-state index contributed by atoms with van der Waals surface area (Å²) in [6, 6.07) is 9.65. The molecular formula is C24H40O10. The van der Waals surface area contributed by atoms with E-state index in [4.69, 9.17) is 37.9 Å². The van der Waals surface area contributed by atoms with Crippen molar-refractivity contribution in [1.29, 1.82) is 0 Å². The lowest BCUT2D eigenvalue weighted by atomic mass is 10.3. The molecule has 0 saturated heterocycles. The van der Waals surface area contributed by atoms with Gasteiger partial charge in [0, 0.05) is 0 Å². The van der Waals surface area contributed by atoms with Gasteiger partial charge >= 0.3 is 5.97 Å². The smallest absolute Gasteiger partial charge is 0.307 e. The number of ether oxygens (including phenoxy) is 9. The highest BCUT2D eigenvalue weighted by Crippen LogP contribution is 2.07. The van der Waals surface area contributed by atoms with Gasteiger partial charge in [-0.25, -0.2) is 0 Å². The van der Waals surface area contributed by atoms with Gasteiger partial charge in [-0.05, 0) is 12.1 Å². The number of benzene rings is 1. The minimum absolute atomic E-state index is 0.251. The maximum atomic E-state index is 10.9. The van der Waals surface area contributed by atoms with Crippen LogP contribution in [0.2, 0.25) is 0 Å². The molecule has 0 fully saturated rings. The predicted octanol–water partition coefficient (Wildman–Crippen LogP) is 1.74. The topological polar surface area (TPSA) is 100 Å². The fourth-order valence-corrected chi connectivity index (χ4v) is 2.41. The zero-order valence-corrected chi connectivity index (χ0v) is 20.3. The quantitative estimate of drug-likeness (QED) is 0.149. The standard InChI is InChI=1S/C24H40O10/c1-26-24(25)7-8-27-9-10-28-11-12-29-13-14-30-15-16-31-17-18-32-19-20-33-21-22-34-23-5-3-2-4-6-23/h2-6H,7-22H2,1H3. The number of rotatable bonds is 25. The Morgan fingerprint density at radius 1 is 0.529 bits per heavy atom. The van der Waals surface area contributed by atoms with Crippen molar-refractivity contribution in [3.63, 3.8) is 0 Å². The Balaban J connectivity index is 1.65. The first kappa shape index (κ1) is 30.2. The van der Waals surface area contributed by atoms with E-state index in [-0.39, 0.29) is 12.4 Å². The Kier molecular flexibility index (Phi) is 21.6. The Labute approximate surface area is 202 Å². The van der Waals surface area contributed by atoms with E-state index < -0.39 is 0 Å². The summed E-state index contributed by atoms with van der Waals surface area (Å²) in [4.78, 5) is 10.9. The van der Waals surface area contributed by atoms with Crippen molar-refractivity contribution >= 4 is 5.97 Å². The van der Waals surface area contributed by atoms with Crippen molar-refractivity contribution < 1.29 is 47.4 Å². The first-order valence-corrected chi connectivity index (χ1v) is 11.6. The van der Waals surface area contributed by atoms with Crippen LogP contribution in [-0.4, -0.2) is 112 Å². The molecule has 0 bridgehead atoms. The molecule has 10 nitrogen and oxygen atoms in total. The summed E-state index contributed by atoms with van der Waals surface area (Å²) in [5.74, 6) is 0.561. The first-order chi connectivity index (χ1) is 16.8. The molecule has 196 valence electrons. The van der Waals surface area contributed by atoms with Gasteiger partial charge in [-0.2, -0.15) is 0 Å². The van der Waals surface area contributed by atoms with E-state index in [1.165, 1.54) is 7.11 Å². The second-order valence-corrected chi connectivity index (χ2v) is 6.77. The number of esters is 1. The highest BCUT2D eigenvalue weighted by atomic mass is 16.6. The fraction of sp³-hybridized carbons (Fsp3) is 0.708. The van der Waals surface area contributed by atoms with Crippen LogP contribution < -0.4 is 4.74 Å². The third-order valence-corrected chi connectivity index (χ3v) is 4.15. The molecule has 1 rings (SSSR count). The van der Waals surface area contributed by atoms with Crippen molar-refractivity contribution in [2.45, 2.75) is 6.42 Å². The molecule has 1 aromatic rings. The highest BCUT2D eigenvalue weighted by Gasteiger charge is 1.99. The molecule has 0 N–H and O–H groups in total. The van der Waals surface area contributed by atoms with Crippen molar-refractivity contribution in [2.75, 3.05) is 106 Å². The van der Waals surface area contributed by atoms with Crippen LogP contribution in [0.4, 0.5) is 0 Å². The van der Waals surface area contributed by atoms with Crippen LogP contribution in [0.1, 0.15) is 6.42 Å². The van der Waals surface area contributed by atoms with Gasteiger partial charge < -0.3 is 42.6 Å². The minimum atomic E-state index is -0.282. The summed E-state index contributed by atoms with van der Waals surface area (Å²) in [5.41, 5.74) is 0. The molecule has 0 amide bonds. The second-order valence-electron chi connectivity index (χ2n) is 6.77. The molecule has 34 heavy (non-hydrogen) atoms. The van der Waals surface area contributed by atoms with E-state index in [9.17, 15) is 4.79 Å². The van der Waals surface area contributed by atoms with Gasteiger partial charge in [-0.15, -0.1) is 0 Å². The molecule has 0 saturated carbocycles. The van der Waals surface area contributed by atoms with Gasteiger partial charge in [0.25, 0.3) is 0 Å². The summed E-state index contributed by atoms with van der Waals surface area (Å²) in [6.45, 7) is 7.34. The highest BCUT2D eigenvalue weighted by molar-refractivity contribution is 5.69. The predicted molar refractivity (Wildman–Crippen MR) is 124 cm³/mol. The zero-order valence-electron chi connectivity index (χ0n) is 20.3. The Morgan fingerprint density at radius 2 is 0.882 bits per heavy atom. The van der Waals surface area contributed by atoms with E-state index in [0.29, 0.717) is 99.1 Å². The molecule has 0 spiro atoms. The van der Waals surface area contributed by atoms with Crippen LogP contribution >= 0.6 is 0 Å². The van der Waals surface area contributed by atoms with Gasteiger partial charge in [-0.3, -0.25) is 4.79 Å². The molecule has 0 aromatic heterocycles. The number of carbonyl (C=O) groups is 1. The van der Waals surface area contributed by atoms with Crippen LogP contribution in [-0.2, 0) is 42.7 Å². The summed E-state index contributed by atoms with van der Waals surface area (Å²) in [7, 11) is 1.35. The summed E-state index contributed by atoms with van der Waals surface area (Å²) in [5, 5.41) is 0. The molecular weight excluding hydrogens is 448 g/mol. The van der Waals surface area contributed by atoms with Crippen molar-refractivity contribution in [3.8, 4) is 5.75 Å². The van der Waals surface area contributed by atoms with Crippen LogP contribution in [0.3, 0.4) is 0 Å². The van der Waals surface area contributed by atoms with Gasteiger partial charge in [0.2, 0.25) is 0 Å². The maximum Gasteiger partial charge on any atom is 0.307 e. The van der Waals surface area contributed by atoms with E-state index >= 15 is 0 Å². The molecule has 0 heterocycles. The molecule has 0 unspecified atom stereocenters.